The van der Waals surface area contributed by atoms with E-state index in [2.05, 4.69) is 4.98 Å². The molecule has 1 aromatic rings. The molecule has 0 radical (unpaired) electrons. The molecule has 1 aromatic heterocycles. The number of halogens is 2. The van der Waals surface area contributed by atoms with E-state index in [1.165, 1.54) is 11.6 Å². The summed E-state index contributed by atoms with van der Waals surface area (Å²) >= 11 is 5.36. The number of aryl methyl sites for hydroxylation is 1. The molecule has 0 amide bonds. The summed E-state index contributed by atoms with van der Waals surface area (Å²) in [5.41, 5.74) is 0. The van der Waals surface area contributed by atoms with Crippen LogP contribution in [0.1, 0.15) is 0 Å². The molecule has 0 atom stereocenters. The van der Waals surface area contributed by atoms with Crippen LogP contribution >= 0.6 is 11.6 Å². The number of imidazole rings is 1. The van der Waals surface area contributed by atoms with E-state index in [0.29, 0.717) is 0 Å². The largest absolute Gasteiger partial charge is 0.351 e. The minimum Gasteiger partial charge on any atom is -0.323 e. The van der Waals surface area contributed by atoms with Gasteiger partial charge in [0.15, 0.2) is 0 Å². The first-order chi connectivity index (χ1) is 4.91. The first-order valence-corrected chi connectivity index (χ1v) is 4.31. The fraction of sp³-hybridized carbons (Fsp3) is 0.250. The van der Waals surface area contributed by atoms with Crippen LogP contribution in [0, 0.1) is 0 Å². The molecule has 62 valence electrons. The zero-order valence-electron chi connectivity index (χ0n) is 5.45. The third-order valence-electron chi connectivity index (χ3n) is 1.05. The van der Waals surface area contributed by atoms with E-state index >= 15 is 0 Å². The number of aromatic nitrogens is 2. The van der Waals surface area contributed by atoms with Gasteiger partial charge in [-0.2, -0.15) is 8.42 Å². The quantitative estimate of drug-likeness (QED) is 0.626. The maximum absolute atomic E-state index is 12.2. The average Bonchev–Trinajstić information content (AvgIpc) is 2.11. The third kappa shape index (κ3) is 1.69. The highest BCUT2D eigenvalue weighted by molar-refractivity contribution is 7.86. The van der Waals surface area contributed by atoms with E-state index in [9.17, 15) is 12.3 Å². The molecule has 0 aliphatic carbocycles. The van der Waals surface area contributed by atoms with Crippen molar-refractivity contribution in [3.63, 3.8) is 0 Å². The van der Waals surface area contributed by atoms with E-state index in [1.807, 2.05) is 0 Å². The van der Waals surface area contributed by atoms with Gasteiger partial charge in [-0.3, -0.25) is 0 Å². The van der Waals surface area contributed by atoms with Crippen molar-refractivity contribution in [2.75, 3.05) is 0 Å². The lowest BCUT2D eigenvalue weighted by Crippen LogP contribution is -1.90. The fourth-order valence-electron chi connectivity index (χ4n) is 0.535. The topological polar surface area (TPSA) is 52.0 Å². The van der Waals surface area contributed by atoms with Gasteiger partial charge in [-0.15, -0.1) is 0 Å². The number of hydrogen-bond donors (Lipinski definition) is 0. The normalized spacial score (nSPS) is 11.9. The van der Waals surface area contributed by atoms with Crippen molar-refractivity contribution < 1.29 is 12.3 Å². The van der Waals surface area contributed by atoms with Gasteiger partial charge in [0, 0.05) is 13.2 Å². The summed E-state index contributed by atoms with van der Waals surface area (Å²) in [5, 5.41) is -0.730. The molecule has 0 N–H and O–H groups in total. The number of nitrogens with zero attached hydrogens (tertiary/aromatic N) is 2. The van der Waals surface area contributed by atoms with E-state index in [4.69, 9.17) is 11.6 Å². The van der Waals surface area contributed by atoms with Crippen LogP contribution in [0.3, 0.4) is 0 Å². The molecule has 0 saturated heterocycles. The van der Waals surface area contributed by atoms with E-state index in [1.54, 1.807) is 0 Å². The molecular weight excluding hydrogens is 195 g/mol. The summed E-state index contributed by atoms with van der Waals surface area (Å²) in [4.78, 5) is 3.25. The van der Waals surface area contributed by atoms with Crippen LogP contribution < -0.4 is 0 Å². The summed E-state index contributed by atoms with van der Waals surface area (Å²) in [6.07, 6.45) is 0.998. The lowest BCUT2D eigenvalue weighted by atomic mass is 10.9. The second-order valence-electron chi connectivity index (χ2n) is 1.90. The molecule has 0 spiro atoms. The smallest absolute Gasteiger partial charge is 0.323 e. The minimum atomic E-state index is -4.72. The number of hydrogen-bond acceptors (Lipinski definition) is 3. The Morgan fingerprint density at radius 3 is 2.45 bits per heavy atom. The van der Waals surface area contributed by atoms with E-state index in [-0.39, 0.29) is 5.28 Å². The van der Waals surface area contributed by atoms with Gasteiger partial charge < -0.3 is 4.57 Å². The molecule has 11 heavy (non-hydrogen) atoms. The Morgan fingerprint density at radius 2 is 2.27 bits per heavy atom. The van der Waals surface area contributed by atoms with E-state index in [0.717, 1.165) is 6.20 Å². The van der Waals surface area contributed by atoms with Gasteiger partial charge in [-0.05, 0) is 11.6 Å². The van der Waals surface area contributed by atoms with Gasteiger partial charge in [-0.1, -0.05) is 3.89 Å². The van der Waals surface area contributed by atoms with Crippen LogP contribution in [0.25, 0.3) is 0 Å². The maximum atomic E-state index is 12.2. The van der Waals surface area contributed by atoms with Crippen LogP contribution in [0.15, 0.2) is 11.2 Å². The zero-order valence-corrected chi connectivity index (χ0v) is 7.02. The molecule has 7 heteroatoms. The second-order valence-corrected chi connectivity index (χ2v) is 3.53. The van der Waals surface area contributed by atoms with Crippen molar-refractivity contribution in [2.24, 2.45) is 7.05 Å². The van der Waals surface area contributed by atoms with Crippen LogP contribution in [-0.4, -0.2) is 18.0 Å². The standard InChI is InChI=1S/C4H4ClFN2O2S/c1-8-2-3(7-4(8)5)11(6,9)10/h2H,1H3. The summed E-state index contributed by atoms with van der Waals surface area (Å²) in [6, 6.07) is 0. The predicted molar refractivity (Wildman–Crippen MR) is 36.5 cm³/mol. The molecule has 0 aliphatic heterocycles. The maximum Gasteiger partial charge on any atom is 0.351 e. The average molecular weight is 199 g/mol. The molecule has 1 rings (SSSR count). The van der Waals surface area contributed by atoms with E-state index < -0.39 is 15.2 Å². The highest BCUT2D eigenvalue weighted by Gasteiger charge is 2.16. The summed E-state index contributed by atoms with van der Waals surface area (Å²) in [5.74, 6) is 0. The van der Waals surface area contributed by atoms with Crippen molar-refractivity contribution in [2.45, 2.75) is 5.03 Å². The van der Waals surface area contributed by atoms with Gasteiger partial charge in [-0.25, -0.2) is 4.98 Å². The first-order valence-electron chi connectivity index (χ1n) is 2.55. The first kappa shape index (κ1) is 8.48. The highest BCUT2D eigenvalue weighted by atomic mass is 35.5. The zero-order chi connectivity index (χ0) is 8.65. The molecule has 0 aromatic carbocycles. The molecular formula is C4H4ClFN2O2S. The lowest BCUT2D eigenvalue weighted by Gasteiger charge is -1.84. The predicted octanol–water partition coefficient (Wildman–Crippen LogP) is 0.732. The SMILES string of the molecule is Cn1cc(S(=O)(=O)F)nc1Cl. The van der Waals surface area contributed by atoms with Gasteiger partial charge in [0.2, 0.25) is 10.3 Å². The monoisotopic (exact) mass is 198 g/mol. The van der Waals surface area contributed by atoms with Crippen LogP contribution in [0.4, 0.5) is 3.89 Å². The van der Waals surface area contributed by atoms with Crippen molar-refractivity contribution in [1.82, 2.24) is 9.55 Å². The summed E-state index contributed by atoms with van der Waals surface area (Å²) < 4.78 is 33.7. The third-order valence-corrected chi connectivity index (χ3v) is 2.09. The Bertz CT molecular complexity index is 352. The number of rotatable bonds is 1. The molecule has 0 unspecified atom stereocenters. The van der Waals surface area contributed by atoms with Crippen molar-refractivity contribution in [1.29, 1.82) is 0 Å². The Kier molecular flexibility index (Phi) is 1.89. The second kappa shape index (κ2) is 2.46. The van der Waals surface area contributed by atoms with Crippen LogP contribution in [-0.2, 0) is 17.3 Å². The van der Waals surface area contributed by atoms with Gasteiger partial charge in [0.25, 0.3) is 0 Å². The van der Waals surface area contributed by atoms with Crippen molar-refractivity contribution >= 4 is 21.8 Å². The lowest BCUT2D eigenvalue weighted by molar-refractivity contribution is 0.548. The van der Waals surface area contributed by atoms with Crippen LogP contribution in [0.5, 0.6) is 0 Å². The summed E-state index contributed by atoms with van der Waals surface area (Å²) in [6.45, 7) is 0. The Hall–Kier alpha value is -0.620. The Morgan fingerprint density at radius 1 is 1.73 bits per heavy atom. The molecule has 0 bridgehead atoms. The molecule has 1 heterocycles. The molecule has 0 saturated carbocycles. The Balaban J connectivity index is 3.29. The van der Waals surface area contributed by atoms with Crippen molar-refractivity contribution in [3.8, 4) is 0 Å². The van der Waals surface area contributed by atoms with Gasteiger partial charge in [0.1, 0.15) is 0 Å². The van der Waals surface area contributed by atoms with Gasteiger partial charge >= 0.3 is 10.2 Å². The minimum absolute atomic E-state index is 0.0683. The Labute approximate surface area is 67.8 Å². The van der Waals surface area contributed by atoms with Crippen molar-refractivity contribution in [3.05, 3.63) is 11.5 Å². The molecule has 4 nitrogen and oxygen atoms in total. The molecule has 0 fully saturated rings. The molecule has 0 aliphatic rings. The van der Waals surface area contributed by atoms with Gasteiger partial charge in [0.05, 0.1) is 0 Å². The summed E-state index contributed by atoms with van der Waals surface area (Å²) in [7, 11) is -3.26. The highest BCUT2D eigenvalue weighted by Crippen LogP contribution is 2.13. The van der Waals surface area contributed by atoms with Crippen LogP contribution in [0.2, 0.25) is 5.28 Å². The fourth-order valence-corrected chi connectivity index (χ4v) is 1.20.